The average molecular weight is 372 g/mol. The van der Waals surface area contributed by atoms with E-state index in [1.165, 1.54) is 5.56 Å². The minimum absolute atomic E-state index is 0.0760. The van der Waals surface area contributed by atoms with E-state index >= 15 is 0 Å². The zero-order valence-electron chi connectivity index (χ0n) is 16.0. The van der Waals surface area contributed by atoms with Crippen molar-refractivity contribution in [1.29, 1.82) is 0 Å². The maximum atomic E-state index is 13.4. The number of hydrogen-bond donors (Lipinski definition) is 0. The van der Waals surface area contributed by atoms with Crippen molar-refractivity contribution in [2.24, 2.45) is 0 Å². The summed E-state index contributed by atoms with van der Waals surface area (Å²) in [6.07, 6.45) is 3.95. The Balaban J connectivity index is 1.97. The molecule has 4 heteroatoms. The quantitative estimate of drug-likeness (QED) is 0.719. The smallest absolute Gasteiger partial charge is 0.207 e. The van der Waals surface area contributed by atoms with Crippen LogP contribution in [0.3, 0.4) is 0 Å². The van der Waals surface area contributed by atoms with Gasteiger partial charge in [0.15, 0.2) is 0 Å². The molecular weight excluding hydrogens is 342 g/mol. The fourth-order valence-electron chi connectivity index (χ4n) is 3.65. The van der Waals surface area contributed by atoms with Crippen molar-refractivity contribution < 1.29 is 8.42 Å². The molecule has 0 N–H and O–H groups in total. The van der Waals surface area contributed by atoms with Gasteiger partial charge >= 0.3 is 0 Å². The van der Waals surface area contributed by atoms with E-state index in [0.29, 0.717) is 17.4 Å². The fourth-order valence-corrected chi connectivity index (χ4v) is 5.33. The molecule has 3 nitrogen and oxygen atoms in total. The summed E-state index contributed by atoms with van der Waals surface area (Å²) < 4.78 is 28.5. The number of hydrogen-bond acceptors (Lipinski definition) is 2. The summed E-state index contributed by atoms with van der Waals surface area (Å²) in [5.74, 6) is 0.394. The van der Waals surface area contributed by atoms with Crippen molar-refractivity contribution in [3.8, 4) is 0 Å². The maximum absolute atomic E-state index is 13.4. The summed E-state index contributed by atoms with van der Waals surface area (Å²) in [4.78, 5) is 0.404. The Kier molecular flexibility index (Phi) is 5.83. The molecule has 1 aliphatic rings. The predicted octanol–water partition coefficient (Wildman–Crippen LogP) is 5.42. The number of nitrogens with zero attached hydrogens (tertiary/aromatic N) is 1. The minimum atomic E-state index is -3.50. The monoisotopic (exact) mass is 371 g/mol. The van der Waals surface area contributed by atoms with Gasteiger partial charge in [0.25, 0.3) is 0 Å². The van der Waals surface area contributed by atoms with Gasteiger partial charge in [-0.2, -0.15) is 4.31 Å². The van der Waals surface area contributed by atoms with Crippen LogP contribution in [-0.2, 0) is 10.0 Å². The molecule has 1 saturated heterocycles. The van der Waals surface area contributed by atoms with E-state index in [2.05, 4.69) is 45.0 Å². The lowest BCUT2D eigenvalue weighted by molar-refractivity contribution is 0.329. The second kappa shape index (κ2) is 7.93. The molecule has 0 spiro atoms. The molecule has 26 heavy (non-hydrogen) atoms. The summed E-state index contributed by atoms with van der Waals surface area (Å²) in [7, 11) is -3.50. The Morgan fingerprint density at radius 2 is 1.58 bits per heavy atom. The molecule has 1 fully saturated rings. The summed E-state index contributed by atoms with van der Waals surface area (Å²) in [5.41, 5.74) is 3.45. The highest BCUT2D eigenvalue weighted by Gasteiger charge is 2.33. The molecule has 140 valence electrons. The molecule has 1 aliphatic heterocycles. The summed E-state index contributed by atoms with van der Waals surface area (Å²) in [6.45, 7) is 6.88. The van der Waals surface area contributed by atoms with Gasteiger partial charge in [-0.25, -0.2) is 8.42 Å². The first kappa shape index (κ1) is 19.1. The lowest BCUT2D eigenvalue weighted by Crippen LogP contribution is -2.34. The zero-order chi connectivity index (χ0) is 18.7. The van der Waals surface area contributed by atoms with E-state index in [-0.39, 0.29) is 6.04 Å². The van der Waals surface area contributed by atoms with E-state index < -0.39 is 10.0 Å². The molecule has 2 aromatic rings. The van der Waals surface area contributed by atoms with Gasteiger partial charge in [-0.15, -0.1) is 0 Å². The molecule has 0 saturated carbocycles. The lowest BCUT2D eigenvalue weighted by Gasteiger charge is -2.29. The van der Waals surface area contributed by atoms with Crippen LogP contribution in [-0.4, -0.2) is 19.3 Å². The van der Waals surface area contributed by atoms with Crippen LogP contribution in [0.5, 0.6) is 0 Å². The summed E-state index contributed by atoms with van der Waals surface area (Å²) in [5, 5.41) is 0. The predicted molar refractivity (Wildman–Crippen MR) is 107 cm³/mol. The molecule has 1 heterocycles. The van der Waals surface area contributed by atoms with Gasteiger partial charge in [0.2, 0.25) is 10.0 Å². The number of benzene rings is 2. The number of rotatable bonds is 4. The van der Waals surface area contributed by atoms with Crippen molar-refractivity contribution in [2.75, 3.05) is 6.54 Å². The zero-order valence-corrected chi connectivity index (χ0v) is 16.8. The van der Waals surface area contributed by atoms with Crippen LogP contribution >= 0.6 is 0 Å². The molecule has 0 radical (unpaired) electrons. The molecule has 3 rings (SSSR count). The number of aryl methyl sites for hydroxylation is 1. The second-order valence-electron chi connectivity index (χ2n) is 7.62. The van der Waals surface area contributed by atoms with Crippen LogP contribution in [0.25, 0.3) is 0 Å². The van der Waals surface area contributed by atoms with Crippen LogP contribution in [0.4, 0.5) is 0 Å². The summed E-state index contributed by atoms with van der Waals surface area (Å²) >= 11 is 0. The van der Waals surface area contributed by atoms with Crippen molar-refractivity contribution in [3.05, 3.63) is 65.2 Å². The highest BCUT2D eigenvalue weighted by molar-refractivity contribution is 7.89. The second-order valence-corrected chi connectivity index (χ2v) is 9.51. The highest BCUT2D eigenvalue weighted by Crippen LogP contribution is 2.35. The van der Waals surface area contributed by atoms with Crippen molar-refractivity contribution >= 4 is 10.0 Å². The van der Waals surface area contributed by atoms with Gasteiger partial charge in [-0.1, -0.05) is 68.7 Å². The van der Waals surface area contributed by atoms with Gasteiger partial charge in [-0.3, -0.25) is 0 Å². The third-order valence-corrected chi connectivity index (χ3v) is 7.24. The van der Waals surface area contributed by atoms with Gasteiger partial charge in [-0.05, 0) is 48.9 Å². The van der Waals surface area contributed by atoms with Crippen LogP contribution in [0.15, 0.2) is 53.4 Å². The maximum Gasteiger partial charge on any atom is 0.243 e. The molecule has 0 bridgehead atoms. The van der Waals surface area contributed by atoms with E-state index in [4.69, 9.17) is 0 Å². The van der Waals surface area contributed by atoms with Crippen molar-refractivity contribution in [2.45, 2.75) is 63.3 Å². The molecule has 0 aliphatic carbocycles. The molecule has 0 aromatic heterocycles. The Morgan fingerprint density at radius 3 is 2.19 bits per heavy atom. The van der Waals surface area contributed by atoms with Crippen molar-refractivity contribution in [3.63, 3.8) is 0 Å². The Labute approximate surface area is 158 Å². The Morgan fingerprint density at radius 1 is 0.923 bits per heavy atom. The molecule has 2 aromatic carbocycles. The van der Waals surface area contributed by atoms with Crippen LogP contribution < -0.4 is 0 Å². The Bertz CT molecular complexity index is 823. The normalized spacial score (nSPS) is 19.5. The SMILES string of the molecule is Cc1ccc([C@@H]2CCCCCN2S(=O)(=O)c2ccc(C(C)C)cc2)cc1. The molecule has 0 unspecified atom stereocenters. The highest BCUT2D eigenvalue weighted by atomic mass is 32.2. The van der Waals surface area contributed by atoms with E-state index in [0.717, 1.165) is 36.8 Å². The Hall–Kier alpha value is -1.65. The van der Waals surface area contributed by atoms with Gasteiger partial charge < -0.3 is 0 Å². The first-order valence-corrected chi connectivity index (χ1v) is 11.0. The van der Waals surface area contributed by atoms with Crippen molar-refractivity contribution in [1.82, 2.24) is 4.31 Å². The largest absolute Gasteiger partial charge is 0.243 e. The first-order valence-electron chi connectivity index (χ1n) is 9.58. The fraction of sp³-hybridized carbons (Fsp3) is 0.455. The van der Waals surface area contributed by atoms with Gasteiger partial charge in [0.1, 0.15) is 0 Å². The van der Waals surface area contributed by atoms with E-state index in [1.54, 1.807) is 16.4 Å². The third-order valence-electron chi connectivity index (χ3n) is 5.32. The lowest BCUT2D eigenvalue weighted by atomic mass is 10.0. The van der Waals surface area contributed by atoms with Crippen LogP contribution in [0.1, 0.15) is 68.2 Å². The molecule has 1 atom stereocenters. The summed E-state index contributed by atoms with van der Waals surface area (Å²) in [6, 6.07) is 15.6. The first-order chi connectivity index (χ1) is 12.4. The molecule has 0 amide bonds. The number of sulfonamides is 1. The standard InChI is InChI=1S/C22H29NO2S/c1-17(2)19-12-14-21(15-13-19)26(24,25)23-16-6-4-5-7-22(23)20-10-8-18(3)9-11-20/h8-15,17,22H,4-7,16H2,1-3H3/t22-/m0/s1. The van der Waals surface area contributed by atoms with Crippen LogP contribution in [0.2, 0.25) is 0 Å². The van der Waals surface area contributed by atoms with Crippen LogP contribution in [0, 0.1) is 6.92 Å². The third kappa shape index (κ3) is 4.02. The minimum Gasteiger partial charge on any atom is -0.207 e. The van der Waals surface area contributed by atoms with Gasteiger partial charge in [0, 0.05) is 6.54 Å². The average Bonchev–Trinajstić information content (AvgIpc) is 2.89. The topological polar surface area (TPSA) is 37.4 Å². The van der Waals surface area contributed by atoms with E-state index in [9.17, 15) is 8.42 Å². The molecular formula is C22H29NO2S. The van der Waals surface area contributed by atoms with Gasteiger partial charge in [0.05, 0.1) is 10.9 Å². The van der Waals surface area contributed by atoms with E-state index in [1.807, 2.05) is 12.1 Å².